The molecule has 0 bridgehead atoms. The van der Waals surface area contributed by atoms with Gasteiger partial charge in [-0.2, -0.15) is 0 Å². The zero-order chi connectivity index (χ0) is 20.1. The van der Waals surface area contributed by atoms with E-state index in [1.165, 1.54) is 0 Å². The van der Waals surface area contributed by atoms with Gasteiger partial charge < -0.3 is 10.1 Å². The topological polar surface area (TPSA) is 38.3 Å². The molecule has 3 rings (SSSR count). The Hall–Kier alpha value is -1.36. The van der Waals surface area contributed by atoms with Crippen LogP contribution in [-0.2, 0) is 10.5 Å². The molecule has 1 aliphatic rings. The summed E-state index contributed by atoms with van der Waals surface area (Å²) in [5.74, 6) is 2.02. The first-order valence-electron chi connectivity index (χ1n) is 9.55. The van der Waals surface area contributed by atoms with E-state index < -0.39 is 0 Å². The van der Waals surface area contributed by atoms with Gasteiger partial charge in [0.2, 0.25) is 5.91 Å². The van der Waals surface area contributed by atoms with E-state index in [0.717, 1.165) is 36.1 Å². The highest BCUT2D eigenvalue weighted by atomic mass is 35.5. The number of ether oxygens (including phenoxy) is 1. The van der Waals surface area contributed by atoms with Crippen molar-refractivity contribution in [2.45, 2.75) is 50.5 Å². The molecule has 2 aromatic carbocycles. The van der Waals surface area contributed by atoms with Crippen LogP contribution in [0.15, 0.2) is 42.5 Å². The van der Waals surface area contributed by atoms with Gasteiger partial charge in [-0.1, -0.05) is 61.3 Å². The molecule has 0 aromatic heterocycles. The van der Waals surface area contributed by atoms with Crippen LogP contribution in [0.4, 0.5) is 0 Å². The van der Waals surface area contributed by atoms with Crippen LogP contribution in [0.25, 0.3) is 0 Å². The fourth-order valence-corrected chi connectivity index (χ4v) is 4.66. The van der Waals surface area contributed by atoms with Crippen LogP contribution in [0.5, 0.6) is 5.75 Å². The molecule has 3 nitrogen and oxygen atoms in total. The summed E-state index contributed by atoms with van der Waals surface area (Å²) in [6.07, 6.45) is 2.62. The van der Waals surface area contributed by atoms with Crippen molar-refractivity contribution < 1.29 is 9.53 Å². The van der Waals surface area contributed by atoms with Crippen LogP contribution in [0.2, 0.25) is 10.0 Å². The number of thioether (sulfide) groups is 1. The van der Waals surface area contributed by atoms with Crippen molar-refractivity contribution >= 4 is 40.9 Å². The van der Waals surface area contributed by atoms with Crippen molar-refractivity contribution in [3.8, 4) is 5.75 Å². The third-order valence-corrected chi connectivity index (χ3v) is 7.05. The predicted octanol–water partition coefficient (Wildman–Crippen LogP) is 6.43. The highest BCUT2D eigenvalue weighted by molar-refractivity contribution is 7.99. The summed E-state index contributed by atoms with van der Waals surface area (Å²) < 4.78 is 6.31. The SMILES string of the molecule is CCC1(CC)CC(NC(=O)CSCc2ccc(Cl)c(Cl)c2)c2ccccc2O1. The zero-order valence-corrected chi connectivity index (χ0v) is 18.5. The first-order valence-corrected chi connectivity index (χ1v) is 11.5. The van der Waals surface area contributed by atoms with E-state index in [4.69, 9.17) is 27.9 Å². The van der Waals surface area contributed by atoms with Crippen LogP contribution >= 0.6 is 35.0 Å². The van der Waals surface area contributed by atoms with Gasteiger partial charge in [-0.05, 0) is 36.6 Å². The monoisotopic (exact) mass is 437 g/mol. The van der Waals surface area contributed by atoms with E-state index in [-0.39, 0.29) is 17.6 Å². The van der Waals surface area contributed by atoms with E-state index in [1.54, 1.807) is 17.8 Å². The third kappa shape index (κ3) is 4.97. The van der Waals surface area contributed by atoms with Crippen molar-refractivity contribution in [3.63, 3.8) is 0 Å². The smallest absolute Gasteiger partial charge is 0.230 e. The van der Waals surface area contributed by atoms with Crippen molar-refractivity contribution in [1.82, 2.24) is 5.32 Å². The number of fused-ring (bicyclic) bond motifs is 1. The summed E-state index contributed by atoms with van der Waals surface area (Å²) in [6, 6.07) is 13.5. The summed E-state index contributed by atoms with van der Waals surface area (Å²) in [4.78, 5) is 12.6. The first-order chi connectivity index (χ1) is 13.5. The number of rotatable bonds is 7. The minimum atomic E-state index is -0.223. The van der Waals surface area contributed by atoms with Crippen LogP contribution in [0.3, 0.4) is 0 Å². The lowest BCUT2D eigenvalue weighted by atomic mass is 9.83. The number of halogens is 2. The largest absolute Gasteiger partial charge is 0.487 e. The van der Waals surface area contributed by atoms with Gasteiger partial charge in [0, 0.05) is 17.7 Å². The summed E-state index contributed by atoms with van der Waals surface area (Å²) in [6.45, 7) is 4.28. The van der Waals surface area contributed by atoms with E-state index >= 15 is 0 Å². The Morgan fingerprint density at radius 3 is 2.64 bits per heavy atom. The Kier molecular flexibility index (Phi) is 7.19. The van der Waals surface area contributed by atoms with Gasteiger partial charge in [-0.25, -0.2) is 0 Å². The molecule has 0 saturated heterocycles. The minimum absolute atomic E-state index is 0.0251. The van der Waals surface area contributed by atoms with Crippen LogP contribution in [0, 0.1) is 0 Å². The highest BCUT2D eigenvalue weighted by Crippen LogP contribution is 2.42. The molecule has 6 heteroatoms. The standard InChI is InChI=1S/C22H25Cl2NO2S/c1-3-22(4-2)12-19(16-7-5-6-8-20(16)27-22)25-21(26)14-28-13-15-9-10-17(23)18(24)11-15/h5-11,19H,3-4,12-14H2,1-2H3,(H,25,26). The second-order valence-corrected chi connectivity index (χ2v) is 8.90. The van der Waals surface area contributed by atoms with Gasteiger partial charge in [0.15, 0.2) is 0 Å². The molecular formula is C22H25Cl2NO2S. The summed E-state index contributed by atoms with van der Waals surface area (Å²) >= 11 is 13.6. The van der Waals surface area contributed by atoms with E-state index in [2.05, 4.69) is 19.2 Å². The molecule has 1 amide bonds. The van der Waals surface area contributed by atoms with Gasteiger partial charge in [0.1, 0.15) is 11.4 Å². The fourth-order valence-electron chi connectivity index (χ4n) is 3.56. The number of hydrogen-bond acceptors (Lipinski definition) is 3. The molecule has 1 aliphatic heterocycles. The third-order valence-electron chi connectivity index (χ3n) is 5.31. The zero-order valence-electron chi connectivity index (χ0n) is 16.1. The fraction of sp³-hybridized carbons (Fsp3) is 0.409. The molecule has 1 unspecified atom stereocenters. The highest BCUT2D eigenvalue weighted by Gasteiger charge is 2.38. The second-order valence-electron chi connectivity index (χ2n) is 7.10. The van der Waals surface area contributed by atoms with Crippen LogP contribution in [0.1, 0.15) is 50.3 Å². The van der Waals surface area contributed by atoms with Crippen molar-refractivity contribution in [1.29, 1.82) is 0 Å². The molecule has 0 radical (unpaired) electrons. The number of carbonyl (C=O) groups excluding carboxylic acids is 1. The Labute approximate surface area is 181 Å². The maximum atomic E-state index is 12.6. The number of amides is 1. The Bertz CT molecular complexity index is 839. The predicted molar refractivity (Wildman–Crippen MR) is 119 cm³/mol. The first kappa shape index (κ1) is 21.4. The number of carbonyl (C=O) groups is 1. The molecular weight excluding hydrogens is 413 g/mol. The van der Waals surface area contributed by atoms with Gasteiger partial charge in [-0.15, -0.1) is 11.8 Å². The quantitative estimate of drug-likeness (QED) is 0.542. The number of hydrogen-bond donors (Lipinski definition) is 1. The lowest BCUT2D eigenvalue weighted by molar-refractivity contribution is -0.120. The molecule has 150 valence electrons. The van der Waals surface area contributed by atoms with Crippen molar-refractivity contribution in [2.75, 3.05) is 5.75 Å². The Morgan fingerprint density at radius 2 is 1.93 bits per heavy atom. The van der Waals surface area contributed by atoms with Gasteiger partial charge >= 0.3 is 0 Å². The molecule has 0 spiro atoms. The van der Waals surface area contributed by atoms with Crippen LogP contribution < -0.4 is 10.1 Å². The average Bonchev–Trinajstić information content (AvgIpc) is 2.70. The van der Waals surface area contributed by atoms with E-state index in [9.17, 15) is 4.79 Å². The van der Waals surface area contributed by atoms with Gasteiger partial charge in [-0.3, -0.25) is 4.79 Å². The summed E-state index contributed by atoms with van der Waals surface area (Å²) in [5, 5.41) is 4.30. The molecule has 28 heavy (non-hydrogen) atoms. The molecule has 0 saturated carbocycles. The van der Waals surface area contributed by atoms with Gasteiger partial charge in [0.25, 0.3) is 0 Å². The van der Waals surface area contributed by atoms with E-state index in [0.29, 0.717) is 21.6 Å². The van der Waals surface area contributed by atoms with Crippen molar-refractivity contribution in [2.24, 2.45) is 0 Å². The molecule has 0 fully saturated rings. The molecule has 0 aliphatic carbocycles. The maximum absolute atomic E-state index is 12.6. The van der Waals surface area contributed by atoms with Gasteiger partial charge in [0.05, 0.1) is 21.8 Å². The molecule has 1 heterocycles. The van der Waals surface area contributed by atoms with Crippen molar-refractivity contribution in [3.05, 3.63) is 63.6 Å². The second kappa shape index (κ2) is 9.43. The lowest BCUT2D eigenvalue weighted by Crippen LogP contribution is -2.44. The van der Waals surface area contributed by atoms with Crippen LogP contribution in [-0.4, -0.2) is 17.3 Å². The molecule has 1 N–H and O–H groups in total. The summed E-state index contributed by atoms with van der Waals surface area (Å²) in [7, 11) is 0. The number of benzene rings is 2. The summed E-state index contributed by atoms with van der Waals surface area (Å²) in [5.41, 5.74) is 1.89. The van der Waals surface area contributed by atoms with E-state index in [1.807, 2.05) is 36.4 Å². The number of para-hydroxylation sites is 1. The Morgan fingerprint density at radius 1 is 1.18 bits per heavy atom. The average molecular weight is 438 g/mol. The Balaban J connectivity index is 1.61. The minimum Gasteiger partial charge on any atom is -0.487 e. The lowest BCUT2D eigenvalue weighted by Gasteiger charge is -2.41. The maximum Gasteiger partial charge on any atom is 0.230 e. The number of nitrogens with one attached hydrogen (secondary N) is 1. The molecule has 2 aromatic rings. The normalized spacial score (nSPS) is 17.5. The molecule has 1 atom stereocenters.